The van der Waals surface area contributed by atoms with E-state index in [-0.39, 0.29) is 5.54 Å². The highest BCUT2D eigenvalue weighted by Gasteiger charge is 2.22. The summed E-state index contributed by atoms with van der Waals surface area (Å²) < 4.78 is 0. The molecule has 1 saturated heterocycles. The van der Waals surface area contributed by atoms with E-state index in [0.29, 0.717) is 0 Å². The van der Waals surface area contributed by atoms with Crippen molar-refractivity contribution >= 4 is 0 Å². The first-order valence-electron chi connectivity index (χ1n) is 4.46. The minimum Gasteiger partial charge on any atom is -0.371 e. The van der Waals surface area contributed by atoms with Crippen LogP contribution in [0.15, 0.2) is 12.3 Å². The lowest BCUT2D eigenvalue weighted by Gasteiger charge is -2.37. The average Bonchev–Trinajstić information content (AvgIpc) is 2.03. The molecule has 0 amide bonds. The number of nitrogens with one attached hydrogen (secondary N) is 1. The molecular formula is C9H19N3. The maximum Gasteiger partial charge on any atom is 0.0497 e. The molecule has 0 aromatic rings. The molecule has 12 heavy (non-hydrogen) atoms. The van der Waals surface area contributed by atoms with Gasteiger partial charge in [0.2, 0.25) is 0 Å². The van der Waals surface area contributed by atoms with E-state index in [2.05, 4.69) is 16.8 Å². The van der Waals surface area contributed by atoms with Gasteiger partial charge in [-0.15, -0.1) is 0 Å². The Hall–Kier alpha value is -0.540. The fourth-order valence-corrected chi connectivity index (χ4v) is 1.34. The lowest BCUT2D eigenvalue weighted by Crippen LogP contribution is -2.49. The fourth-order valence-electron chi connectivity index (χ4n) is 1.34. The highest BCUT2D eigenvalue weighted by Crippen LogP contribution is 2.15. The molecule has 1 rings (SSSR count). The van der Waals surface area contributed by atoms with Crippen LogP contribution in [-0.4, -0.2) is 36.6 Å². The molecule has 3 N–H and O–H groups in total. The molecule has 0 atom stereocenters. The maximum atomic E-state index is 5.95. The summed E-state index contributed by atoms with van der Waals surface area (Å²) in [6, 6.07) is 0. The normalized spacial score (nSPS) is 19.4. The second-order valence-corrected chi connectivity index (χ2v) is 3.91. The van der Waals surface area contributed by atoms with Gasteiger partial charge in [-0.05, 0) is 13.8 Å². The molecule has 1 aliphatic rings. The Kier molecular flexibility index (Phi) is 2.75. The highest BCUT2D eigenvalue weighted by molar-refractivity contribution is 5.11. The first-order valence-corrected chi connectivity index (χ1v) is 4.46. The predicted octanol–water partition coefficient (Wildman–Crippen LogP) is 0.143. The number of piperazine rings is 1. The number of nitrogens with two attached hydrogens (primary N) is 1. The smallest absolute Gasteiger partial charge is 0.0497 e. The zero-order valence-corrected chi connectivity index (χ0v) is 8.06. The van der Waals surface area contributed by atoms with E-state index in [0.717, 1.165) is 31.9 Å². The number of rotatable bonds is 2. The molecular weight excluding hydrogens is 150 g/mol. The molecule has 1 heterocycles. The van der Waals surface area contributed by atoms with Gasteiger partial charge in [-0.3, -0.25) is 0 Å². The largest absolute Gasteiger partial charge is 0.371 e. The lowest BCUT2D eigenvalue weighted by atomic mass is 10.0. The highest BCUT2D eigenvalue weighted by atomic mass is 15.2. The molecule has 3 nitrogen and oxygen atoms in total. The van der Waals surface area contributed by atoms with Crippen molar-refractivity contribution in [1.29, 1.82) is 0 Å². The van der Waals surface area contributed by atoms with E-state index in [9.17, 15) is 0 Å². The Balaban J connectivity index is 2.51. The SMILES string of the molecule is C=C(N1CCNCC1)C(C)(C)N. The molecule has 0 unspecified atom stereocenters. The van der Waals surface area contributed by atoms with Crippen LogP contribution in [0.5, 0.6) is 0 Å². The first kappa shape index (κ1) is 9.55. The van der Waals surface area contributed by atoms with E-state index < -0.39 is 0 Å². The second kappa shape index (κ2) is 3.46. The third kappa shape index (κ3) is 2.22. The van der Waals surface area contributed by atoms with Gasteiger partial charge in [0.1, 0.15) is 0 Å². The summed E-state index contributed by atoms with van der Waals surface area (Å²) in [5.74, 6) is 0. The minimum absolute atomic E-state index is 0.280. The van der Waals surface area contributed by atoms with Gasteiger partial charge < -0.3 is 16.0 Å². The van der Waals surface area contributed by atoms with E-state index in [4.69, 9.17) is 5.73 Å². The van der Waals surface area contributed by atoms with Crippen LogP contribution >= 0.6 is 0 Å². The molecule has 0 saturated carbocycles. The van der Waals surface area contributed by atoms with Crippen molar-refractivity contribution in [3.8, 4) is 0 Å². The predicted molar refractivity (Wildman–Crippen MR) is 51.8 cm³/mol. The quantitative estimate of drug-likeness (QED) is 0.618. The zero-order chi connectivity index (χ0) is 9.19. The minimum atomic E-state index is -0.280. The molecule has 0 aromatic heterocycles. The third-order valence-corrected chi connectivity index (χ3v) is 2.24. The summed E-state index contributed by atoms with van der Waals surface area (Å²) in [6.07, 6.45) is 0. The van der Waals surface area contributed by atoms with Crippen LogP contribution in [0.1, 0.15) is 13.8 Å². The Bertz CT molecular complexity index is 163. The fraction of sp³-hybridized carbons (Fsp3) is 0.778. The summed E-state index contributed by atoms with van der Waals surface area (Å²) in [7, 11) is 0. The Morgan fingerprint density at radius 1 is 1.42 bits per heavy atom. The second-order valence-electron chi connectivity index (χ2n) is 3.91. The van der Waals surface area contributed by atoms with Gasteiger partial charge in [0.05, 0.1) is 0 Å². The Labute approximate surface area is 74.6 Å². The van der Waals surface area contributed by atoms with Crippen molar-refractivity contribution in [2.45, 2.75) is 19.4 Å². The van der Waals surface area contributed by atoms with Crippen molar-refractivity contribution in [3.05, 3.63) is 12.3 Å². The topological polar surface area (TPSA) is 41.3 Å². The maximum absolute atomic E-state index is 5.95. The van der Waals surface area contributed by atoms with Crippen LogP contribution in [-0.2, 0) is 0 Å². The third-order valence-electron chi connectivity index (χ3n) is 2.24. The molecule has 0 radical (unpaired) electrons. The molecule has 0 aliphatic carbocycles. The van der Waals surface area contributed by atoms with Gasteiger partial charge in [-0.1, -0.05) is 6.58 Å². The van der Waals surface area contributed by atoms with Gasteiger partial charge >= 0.3 is 0 Å². The Morgan fingerprint density at radius 3 is 2.33 bits per heavy atom. The molecule has 0 aromatic carbocycles. The molecule has 0 spiro atoms. The van der Waals surface area contributed by atoms with Crippen molar-refractivity contribution < 1.29 is 0 Å². The van der Waals surface area contributed by atoms with Gasteiger partial charge in [-0.25, -0.2) is 0 Å². The van der Waals surface area contributed by atoms with Gasteiger partial charge in [0.15, 0.2) is 0 Å². The first-order chi connectivity index (χ1) is 5.52. The van der Waals surface area contributed by atoms with Crippen LogP contribution < -0.4 is 11.1 Å². The summed E-state index contributed by atoms with van der Waals surface area (Å²) in [6.45, 7) is 12.1. The molecule has 70 valence electrons. The molecule has 1 fully saturated rings. The van der Waals surface area contributed by atoms with E-state index in [1.165, 1.54) is 0 Å². The van der Waals surface area contributed by atoms with Crippen LogP contribution in [0.4, 0.5) is 0 Å². The van der Waals surface area contributed by atoms with Crippen LogP contribution in [0.2, 0.25) is 0 Å². The van der Waals surface area contributed by atoms with Crippen molar-refractivity contribution in [3.63, 3.8) is 0 Å². The summed E-state index contributed by atoms with van der Waals surface area (Å²) >= 11 is 0. The van der Waals surface area contributed by atoms with Crippen molar-refractivity contribution in [2.75, 3.05) is 26.2 Å². The van der Waals surface area contributed by atoms with Crippen LogP contribution in [0, 0.1) is 0 Å². The molecule has 1 aliphatic heterocycles. The van der Waals surface area contributed by atoms with Gasteiger partial charge in [0, 0.05) is 37.4 Å². The van der Waals surface area contributed by atoms with Crippen molar-refractivity contribution in [1.82, 2.24) is 10.2 Å². The zero-order valence-electron chi connectivity index (χ0n) is 8.06. The number of hydrogen-bond acceptors (Lipinski definition) is 3. The molecule has 0 bridgehead atoms. The van der Waals surface area contributed by atoms with E-state index >= 15 is 0 Å². The molecule has 3 heteroatoms. The summed E-state index contributed by atoms with van der Waals surface area (Å²) in [5.41, 5.74) is 6.71. The van der Waals surface area contributed by atoms with Crippen LogP contribution in [0.25, 0.3) is 0 Å². The van der Waals surface area contributed by atoms with E-state index in [1.54, 1.807) is 0 Å². The monoisotopic (exact) mass is 169 g/mol. The lowest BCUT2D eigenvalue weighted by molar-refractivity contribution is 0.265. The van der Waals surface area contributed by atoms with Gasteiger partial charge in [-0.2, -0.15) is 0 Å². The summed E-state index contributed by atoms with van der Waals surface area (Å²) in [5, 5.41) is 3.30. The van der Waals surface area contributed by atoms with Crippen LogP contribution in [0.3, 0.4) is 0 Å². The number of hydrogen-bond donors (Lipinski definition) is 2. The Morgan fingerprint density at radius 2 is 1.92 bits per heavy atom. The number of nitrogens with zero attached hydrogens (tertiary/aromatic N) is 1. The standard InChI is InChI=1S/C9H19N3/c1-8(9(2,3)10)12-6-4-11-5-7-12/h11H,1,4-7,10H2,2-3H3. The summed E-state index contributed by atoms with van der Waals surface area (Å²) in [4.78, 5) is 2.26. The van der Waals surface area contributed by atoms with Gasteiger partial charge in [0.25, 0.3) is 0 Å². The average molecular weight is 169 g/mol. The van der Waals surface area contributed by atoms with Crippen molar-refractivity contribution in [2.24, 2.45) is 5.73 Å². The van der Waals surface area contributed by atoms with E-state index in [1.807, 2.05) is 13.8 Å².